The van der Waals surface area contributed by atoms with Crippen molar-refractivity contribution >= 4 is 44.9 Å². The number of nitrogens with one attached hydrogen (secondary N) is 1. The summed E-state index contributed by atoms with van der Waals surface area (Å²) in [4.78, 5) is 15.9. The third-order valence-corrected chi connectivity index (χ3v) is 6.69. The number of methoxy groups -OCH3 is 2. The van der Waals surface area contributed by atoms with Crippen LogP contribution in [0.15, 0.2) is 59.8 Å². The first-order chi connectivity index (χ1) is 18.1. The van der Waals surface area contributed by atoms with Crippen LogP contribution in [0.2, 0.25) is 5.02 Å². The summed E-state index contributed by atoms with van der Waals surface area (Å²) in [6, 6.07) is 13.2. The van der Waals surface area contributed by atoms with Crippen molar-refractivity contribution in [1.82, 2.24) is 19.9 Å². The molecule has 0 aliphatic rings. The molecule has 0 amide bonds. The number of benzene rings is 2. The molecule has 4 rings (SSSR count). The van der Waals surface area contributed by atoms with Gasteiger partial charge in [-0.3, -0.25) is 4.72 Å². The molecule has 200 valence electrons. The third-order valence-electron chi connectivity index (χ3n) is 5.09. The number of nitrogens with zero attached hydrogens (tertiary/aromatic N) is 4. The van der Waals surface area contributed by atoms with Gasteiger partial charge >= 0.3 is 0 Å². The maximum atomic E-state index is 12.3. The normalized spacial score (nSPS) is 10.7. The van der Waals surface area contributed by atoms with E-state index >= 15 is 0 Å². The molecule has 0 aliphatic carbocycles. The molecule has 2 heterocycles. The lowest BCUT2D eigenvalue weighted by Gasteiger charge is -2.12. The Bertz CT molecular complexity index is 1500. The maximum absolute atomic E-state index is 12.3. The molecule has 0 aliphatic heterocycles. The van der Waals surface area contributed by atoms with E-state index in [0.29, 0.717) is 16.5 Å². The average molecular weight is 559 g/mol. The number of rotatable bonds is 7. The number of nitrogens with two attached hydrogens (primary N) is 3. The molecular formula is C24H27ClN8O4S. The van der Waals surface area contributed by atoms with Gasteiger partial charge in [-0.15, -0.1) is 0 Å². The van der Waals surface area contributed by atoms with Crippen LogP contribution in [-0.4, -0.2) is 42.6 Å². The molecule has 0 radical (unpaired) electrons. The second-order valence-corrected chi connectivity index (χ2v) is 9.71. The van der Waals surface area contributed by atoms with Crippen LogP contribution in [-0.2, 0) is 16.4 Å². The van der Waals surface area contributed by atoms with Gasteiger partial charge in [-0.25, -0.2) is 18.4 Å². The smallest absolute Gasteiger partial charge is 0.263 e. The molecule has 12 nitrogen and oxygen atoms in total. The van der Waals surface area contributed by atoms with Gasteiger partial charge in [0.2, 0.25) is 11.7 Å². The van der Waals surface area contributed by atoms with Crippen molar-refractivity contribution in [2.75, 3.05) is 36.1 Å². The summed E-state index contributed by atoms with van der Waals surface area (Å²) in [7, 11) is -1.06. The lowest BCUT2D eigenvalue weighted by atomic mass is 10.0. The van der Waals surface area contributed by atoms with Gasteiger partial charge in [0.05, 0.1) is 24.8 Å². The molecule has 0 saturated carbocycles. The van der Waals surface area contributed by atoms with E-state index in [-0.39, 0.29) is 28.3 Å². The van der Waals surface area contributed by atoms with Crippen molar-refractivity contribution in [3.05, 3.63) is 65.6 Å². The second kappa shape index (κ2) is 12.3. The second-order valence-electron chi connectivity index (χ2n) is 7.59. The molecule has 0 saturated heterocycles. The van der Waals surface area contributed by atoms with Gasteiger partial charge in [-0.05, 0) is 48.4 Å². The SMILES string of the molecule is CCc1nc(N)nc(N)c1-c1ccc(Cl)cc1.COc1ncnc(NS(=O)(=O)c2ccc(N)cc2)c1OC. The lowest BCUT2D eigenvalue weighted by Crippen LogP contribution is -2.15. The Labute approximate surface area is 225 Å². The number of hydrogen-bond donors (Lipinski definition) is 4. The minimum absolute atomic E-state index is 0.0128. The zero-order valence-corrected chi connectivity index (χ0v) is 22.4. The molecule has 0 spiro atoms. The van der Waals surface area contributed by atoms with Crippen molar-refractivity contribution < 1.29 is 17.9 Å². The zero-order chi connectivity index (χ0) is 27.9. The van der Waals surface area contributed by atoms with Gasteiger partial charge < -0.3 is 26.7 Å². The van der Waals surface area contributed by atoms with Crippen LogP contribution >= 0.6 is 11.6 Å². The molecule has 0 unspecified atom stereocenters. The first-order valence-electron chi connectivity index (χ1n) is 11.1. The van der Waals surface area contributed by atoms with Gasteiger partial charge in [0, 0.05) is 16.3 Å². The van der Waals surface area contributed by atoms with Crippen molar-refractivity contribution in [3.8, 4) is 22.8 Å². The van der Waals surface area contributed by atoms with E-state index in [9.17, 15) is 8.42 Å². The minimum atomic E-state index is -3.82. The summed E-state index contributed by atoms with van der Waals surface area (Å²) in [5.74, 6) is 0.816. The molecule has 4 aromatic rings. The van der Waals surface area contributed by atoms with Gasteiger partial charge in [-0.2, -0.15) is 9.97 Å². The standard InChI is InChI=1S/C12H13ClN4.C12H14N4O4S/c1-2-9-10(11(14)17-12(15)16-9)7-3-5-8(13)6-4-7;1-19-10-11(14-7-15-12(10)20-2)16-21(17,18)9-5-3-8(13)4-6-9/h3-6H,2H2,1H3,(H4,14,15,16,17);3-7H,13H2,1-2H3,(H,14,15,16). The van der Waals surface area contributed by atoms with Gasteiger partial charge in [-0.1, -0.05) is 30.7 Å². The topological polar surface area (TPSA) is 194 Å². The van der Waals surface area contributed by atoms with Gasteiger partial charge in [0.25, 0.3) is 15.9 Å². The maximum Gasteiger partial charge on any atom is 0.263 e. The van der Waals surface area contributed by atoms with E-state index < -0.39 is 10.0 Å². The van der Waals surface area contributed by atoms with E-state index in [2.05, 4.69) is 24.7 Å². The van der Waals surface area contributed by atoms with E-state index in [1.54, 1.807) is 0 Å². The Morgan fingerprint density at radius 1 is 0.921 bits per heavy atom. The summed E-state index contributed by atoms with van der Waals surface area (Å²) >= 11 is 5.86. The molecular weight excluding hydrogens is 532 g/mol. The van der Waals surface area contributed by atoms with E-state index in [4.69, 9.17) is 38.3 Å². The van der Waals surface area contributed by atoms with E-state index in [1.807, 2.05) is 31.2 Å². The average Bonchev–Trinajstić information content (AvgIpc) is 2.89. The first-order valence-corrected chi connectivity index (χ1v) is 12.9. The third kappa shape index (κ3) is 6.69. The van der Waals surface area contributed by atoms with Crippen molar-refractivity contribution in [3.63, 3.8) is 0 Å². The predicted molar refractivity (Wildman–Crippen MR) is 147 cm³/mol. The number of aromatic nitrogens is 4. The molecule has 2 aromatic heterocycles. The van der Waals surface area contributed by atoms with Crippen LogP contribution < -0.4 is 31.4 Å². The highest BCUT2D eigenvalue weighted by Gasteiger charge is 2.20. The molecule has 0 fully saturated rings. The van der Waals surface area contributed by atoms with Crippen molar-refractivity contribution in [2.24, 2.45) is 0 Å². The van der Waals surface area contributed by atoms with Crippen LogP contribution in [0.5, 0.6) is 11.6 Å². The Kier molecular flexibility index (Phi) is 9.10. The lowest BCUT2D eigenvalue weighted by molar-refractivity contribution is 0.342. The van der Waals surface area contributed by atoms with E-state index in [0.717, 1.165) is 23.2 Å². The fourth-order valence-corrected chi connectivity index (χ4v) is 4.46. The first kappa shape index (κ1) is 28.2. The number of halogens is 1. The van der Waals surface area contributed by atoms with Crippen LogP contribution in [0.1, 0.15) is 12.6 Å². The minimum Gasteiger partial charge on any atom is -0.489 e. The molecule has 38 heavy (non-hydrogen) atoms. The summed E-state index contributed by atoms with van der Waals surface area (Å²) in [5.41, 5.74) is 20.1. The quantitative estimate of drug-likeness (QED) is 0.243. The summed E-state index contributed by atoms with van der Waals surface area (Å²) < 4.78 is 36.9. The number of anilines is 4. The number of aryl methyl sites for hydroxylation is 1. The van der Waals surface area contributed by atoms with Gasteiger partial charge in [0.1, 0.15) is 12.1 Å². The fraction of sp³-hybridized carbons (Fsp3) is 0.167. The Balaban J connectivity index is 0.000000215. The van der Waals surface area contributed by atoms with Crippen LogP contribution in [0.3, 0.4) is 0 Å². The highest BCUT2D eigenvalue weighted by Crippen LogP contribution is 2.32. The Hall–Kier alpha value is -4.36. The Morgan fingerprint density at radius 3 is 2.16 bits per heavy atom. The largest absolute Gasteiger partial charge is 0.489 e. The summed E-state index contributed by atoms with van der Waals surface area (Å²) in [6.07, 6.45) is 1.91. The van der Waals surface area contributed by atoms with Crippen LogP contribution in [0, 0.1) is 0 Å². The molecule has 0 bridgehead atoms. The van der Waals surface area contributed by atoms with Crippen LogP contribution in [0.25, 0.3) is 11.1 Å². The predicted octanol–water partition coefficient (Wildman–Crippen LogP) is 3.40. The number of hydrogen-bond acceptors (Lipinski definition) is 11. The number of ether oxygens (including phenoxy) is 2. The van der Waals surface area contributed by atoms with Crippen molar-refractivity contribution in [1.29, 1.82) is 0 Å². The summed E-state index contributed by atoms with van der Waals surface area (Å²) in [5, 5.41) is 0.682. The van der Waals surface area contributed by atoms with Gasteiger partial charge in [0.15, 0.2) is 5.82 Å². The Morgan fingerprint density at radius 2 is 1.58 bits per heavy atom. The molecule has 2 aromatic carbocycles. The van der Waals surface area contributed by atoms with Crippen molar-refractivity contribution in [2.45, 2.75) is 18.2 Å². The van der Waals surface area contributed by atoms with E-state index in [1.165, 1.54) is 44.8 Å². The molecule has 14 heteroatoms. The fourth-order valence-electron chi connectivity index (χ4n) is 3.33. The number of sulfonamides is 1. The molecule has 0 atom stereocenters. The molecule has 7 N–H and O–H groups in total. The van der Waals surface area contributed by atoms with Crippen LogP contribution in [0.4, 0.5) is 23.3 Å². The monoisotopic (exact) mass is 558 g/mol. The summed E-state index contributed by atoms with van der Waals surface area (Å²) in [6.45, 7) is 2.00. The zero-order valence-electron chi connectivity index (χ0n) is 20.8. The number of nitrogen functional groups attached to an aromatic ring is 3. The highest BCUT2D eigenvalue weighted by molar-refractivity contribution is 7.92. The highest BCUT2D eigenvalue weighted by atomic mass is 35.5.